The number of benzene rings is 2. The Morgan fingerprint density at radius 3 is 2.67 bits per heavy atom. The van der Waals surface area contributed by atoms with Gasteiger partial charge < -0.3 is 15.4 Å². The van der Waals surface area contributed by atoms with Gasteiger partial charge in [0.15, 0.2) is 0 Å². The van der Waals surface area contributed by atoms with Crippen molar-refractivity contribution in [3.63, 3.8) is 0 Å². The van der Waals surface area contributed by atoms with Crippen molar-refractivity contribution in [1.82, 2.24) is 0 Å². The van der Waals surface area contributed by atoms with E-state index < -0.39 is 0 Å². The first-order valence-electron chi connectivity index (χ1n) is 9.17. The van der Waals surface area contributed by atoms with Gasteiger partial charge in [-0.2, -0.15) is 0 Å². The molecule has 0 spiro atoms. The van der Waals surface area contributed by atoms with E-state index in [1.165, 1.54) is 11.8 Å². The van der Waals surface area contributed by atoms with E-state index in [0.717, 1.165) is 23.4 Å². The Bertz CT molecular complexity index is 821. The smallest absolute Gasteiger partial charge is 0.237 e. The maximum atomic E-state index is 12.6. The fourth-order valence-corrected chi connectivity index (χ4v) is 3.51. The van der Waals surface area contributed by atoms with Gasteiger partial charge in [-0.1, -0.05) is 18.2 Å². The molecule has 6 heteroatoms. The number of carbonyl (C=O) groups is 2. The highest BCUT2D eigenvalue weighted by Crippen LogP contribution is 2.32. The minimum atomic E-state index is -0.297. The summed E-state index contributed by atoms with van der Waals surface area (Å²) in [5.74, 6) is 0.807. The third kappa shape index (κ3) is 5.50. The lowest BCUT2D eigenvalue weighted by Gasteiger charge is -2.15. The normalized spacial score (nSPS) is 14.3. The zero-order valence-electron chi connectivity index (χ0n) is 15.5. The van der Waals surface area contributed by atoms with E-state index in [1.54, 1.807) is 0 Å². The number of hydrogen-bond acceptors (Lipinski definition) is 4. The lowest BCUT2D eigenvalue weighted by molar-refractivity contribution is -0.117. The number of thioether (sulfide) groups is 1. The predicted molar refractivity (Wildman–Crippen MR) is 109 cm³/mol. The molecule has 1 atom stereocenters. The Hall–Kier alpha value is -2.47. The largest absolute Gasteiger partial charge is 0.492 e. The lowest BCUT2D eigenvalue weighted by Crippen LogP contribution is -2.22. The van der Waals surface area contributed by atoms with Crippen molar-refractivity contribution < 1.29 is 14.3 Å². The predicted octanol–water partition coefficient (Wildman–Crippen LogP) is 4.55. The van der Waals surface area contributed by atoms with Gasteiger partial charge in [0.05, 0.1) is 17.5 Å². The van der Waals surface area contributed by atoms with Crippen molar-refractivity contribution in [3.8, 4) is 5.75 Å². The van der Waals surface area contributed by atoms with Crippen LogP contribution in [0.1, 0.15) is 26.7 Å². The van der Waals surface area contributed by atoms with E-state index in [4.69, 9.17) is 4.74 Å². The van der Waals surface area contributed by atoms with Crippen molar-refractivity contribution in [1.29, 1.82) is 0 Å². The van der Waals surface area contributed by atoms with Crippen LogP contribution in [-0.4, -0.2) is 23.7 Å². The Balaban J connectivity index is 1.60. The number of para-hydroxylation sites is 2. The maximum Gasteiger partial charge on any atom is 0.237 e. The molecule has 1 unspecified atom stereocenters. The van der Waals surface area contributed by atoms with E-state index in [0.29, 0.717) is 18.0 Å². The van der Waals surface area contributed by atoms with Gasteiger partial charge in [-0.05, 0) is 57.0 Å². The second kappa shape index (κ2) is 8.95. The Labute approximate surface area is 163 Å². The zero-order chi connectivity index (χ0) is 19.2. The van der Waals surface area contributed by atoms with Crippen LogP contribution in [0.3, 0.4) is 0 Å². The van der Waals surface area contributed by atoms with Crippen LogP contribution in [0.4, 0.5) is 11.4 Å². The van der Waals surface area contributed by atoms with Crippen molar-refractivity contribution in [3.05, 3.63) is 48.5 Å². The van der Waals surface area contributed by atoms with Crippen molar-refractivity contribution in [2.75, 3.05) is 17.2 Å². The first-order valence-corrected chi connectivity index (χ1v) is 10.0. The molecule has 5 nitrogen and oxygen atoms in total. The van der Waals surface area contributed by atoms with Crippen LogP contribution < -0.4 is 15.4 Å². The first-order chi connectivity index (χ1) is 13.1. The Morgan fingerprint density at radius 2 is 1.93 bits per heavy atom. The van der Waals surface area contributed by atoms with Crippen LogP contribution in [0.15, 0.2) is 53.4 Å². The molecule has 2 aromatic rings. The highest BCUT2D eigenvalue weighted by atomic mass is 32.2. The molecule has 0 aromatic heterocycles. The van der Waals surface area contributed by atoms with Crippen molar-refractivity contribution >= 4 is 35.0 Å². The average molecular weight is 385 g/mol. The molecule has 3 rings (SSSR count). The molecule has 2 N–H and O–H groups in total. The van der Waals surface area contributed by atoms with Crippen LogP contribution in [0.2, 0.25) is 0 Å². The van der Waals surface area contributed by atoms with Gasteiger partial charge in [-0.15, -0.1) is 11.8 Å². The fraction of sp³-hybridized carbons (Fsp3) is 0.333. The minimum absolute atomic E-state index is 0.0791. The molecule has 0 bridgehead atoms. The van der Waals surface area contributed by atoms with Crippen LogP contribution in [-0.2, 0) is 9.59 Å². The van der Waals surface area contributed by atoms with Crippen molar-refractivity contribution in [2.45, 2.75) is 36.8 Å². The summed E-state index contributed by atoms with van der Waals surface area (Å²) >= 11 is 1.45. The molecule has 0 heterocycles. The summed E-state index contributed by atoms with van der Waals surface area (Å²) in [5.41, 5.74) is 1.44. The third-order valence-corrected chi connectivity index (χ3v) is 5.27. The fourth-order valence-electron chi connectivity index (χ4n) is 2.58. The second-order valence-electron chi connectivity index (χ2n) is 6.47. The monoisotopic (exact) mass is 384 g/mol. The molecular formula is C21H24N2O3S. The SMILES string of the molecule is CCOc1ccccc1NC(=O)C(C)Sc1cccc(NC(=O)C2CC2)c1. The van der Waals surface area contributed by atoms with Crippen LogP contribution >= 0.6 is 11.8 Å². The van der Waals surface area contributed by atoms with E-state index >= 15 is 0 Å². The summed E-state index contributed by atoms with van der Waals surface area (Å²) in [6.45, 7) is 4.31. The molecule has 2 aromatic carbocycles. The van der Waals surface area contributed by atoms with Gasteiger partial charge in [-0.3, -0.25) is 9.59 Å². The third-order valence-electron chi connectivity index (χ3n) is 4.18. The van der Waals surface area contributed by atoms with E-state index in [-0.39, 0.29) is 23.0 Å². The Morgan fingerprint density at radius 1 is 1.15 bits per heavy atom. The topological polar surface area (TPSA) is 67.4 Å². The minimum Gasteiger partial charge on any atom is -0.492 e. The molecule has 1 fully saturated rings. The van der Waals surface area contributed by atoms with Crippen LogP contribution in [0, 0.1) is 5.92 Å². The summed E-state index contributed by atoms with van der Waals surface area (Å²) in [4.78, 5) is 25.4. The quantitative estimate of drug-likeness (QED) is 0.655. The molecule has 0 saturated heterocycles. The molecular weight excluding hydrogens is 360 g/mol. The van der Waals surface area contributed by atoms with Crippen molar-refractivity contribution in [2.24, 2.45) is 5.92 Å². The standard InChI is InChI=1S/C21H24N2O3S/c1-3-26-19-10-5-4-9-18(19)23-20(24)14(2)27-17-8-6-7-16(13-17)22-21(25)15-11-12-15/h4-10,13-15H,3,11-12H2,1-2H3,(H,22,25)(H,23,24). The summed E-state index contributed by atoms with van der Waals surface area (Å²) in [6, 6.07) is 15.0. The van der Waals surface area contributed by atoms with E-state index in [9.17, 15) is 9.59 Å². The summed E-state index contributed by atoms with van der Waals surface area (Å²) in [6.07, 6.45) is 1.95. The van der Waals surface area contributed by atoms with E-state index in [1.807, 2.05) is 62.4 Å². The van der Waals surface area contributed by atoms with Gasteiger partial charge >= 0.3 is 0 Å². The number of amides is 2. The zero-order valence-corrected chi connectivity index (χ0v) is 16.3. The van der Waals surface area contributed by atoms with Crippen LogP contribution in [0.25, 0.3) is 0 Å². The van der Waals surface area contributed by atoms with Gasteiger partial charge in [-0.25, -0.2) is 0 Å². The maximum absolute atomic E-state index is 12.6. The first kappa shape index (κ1) is 19.3. The van der Waals surface area contributed by atoms with Gasteiger partial charge in [0.1, 0.15) is 5.75 Å². The van der Waals surface area contributed by atoms with Gasteiger partial charge in [0, 0.05) is 16.5 Å². The highest BCUT2D eigenvalue weighted by molar-refractivity contribution is 8.00. The summed E-state index contributed by atoms with van der Waals surface area (Å²) in [5, 5.41) is 5.57. The number of hydrogen-bond donors (Lipinski definition) is 2. The lowest BCUT2D eigenvalue weighted by atomic mass is 10.3. The molecule has 27 heavy (non-hydrogen) atoms. The van der Waals surface area contributed by atoms with E-state index in [2.05, 4.69) is 10.6 Å². The number of ether oxygens (including phenoxy) is 1. The number of carbonyl (C=O) groups excluding carboxylic acids is 2. The Kier molecular flexibility index (Phi) is 6.40. The second-order valence-corrected chi connectivity index (χ2v) is 7.88. The molecule has 0 aliphatic heterocycles. The molecule has 1 aliphatic carbocycles. The molecule has 2 amide bonds. The molecule has 142 valence electrons. The molecule has 1 aliphatic rings. The number of anilines is 2. The highest BCUT2D eigenvalue weighted by Gasteiger charge is 2.29. The summed E-state index contributed by atoms with van der Waals surface area (Å²) in [7, 11) is 0. The number of rotatable bonds is 8. The van der Waals surface area contributed by atoms with Gasteiger partial charge in [0.2, 0.25) is 11.8 Å². The molecule has 1 saturated carbocycles. The van der Waals surface area contributed by atoms with Crippen LogP contribution in [0.5, 0.6) is 5.75 Å². The molecule has 0 radical (unpaired) electrons. The van der Waals surface area contributed by atoms with Gasteiger partial charge in [0.25, 0.3) is 0 Å². The average Bonchev–Trinajstić information content (AvgIpc) is 3.49. The number of nitrogens with one attached hydrogen (secondary N) is 2. The summed E-state index contributed by atoms with van der Waals surface area (Å²) < 4.78 is 5.55.